The zero-order valence-corrected chi connectivity index (χ0v) is 13.1. The van der Waals surface area contributed by atoms with Crippen molar-refractivity contribution in [2.45, 2.75) is 6.92 Å². The smallest absolute Gasteiger partial charge is 0.310 e. The lowest BCUT2D eigenvalue weighted by atomic mass is 10.1. The number of piperazine rings is 1. The number of nitrogens with one attached hydrogen (secondary N) is 1. The minimum absolute atomic E-state index is 0.146. The van der Waals surface area contributed by atoms with E-state index in [0.717, 1.165) is 31.9 Å². The standard InChI is InChI=1S/C16H25N3O2/c1-13(16(20)21-3)12-17-14-4-6-15(7-5-14)19-10-8-18(2)9-11-19/h4-7,13,17H,8-12H2,1-3H3. The highest BCUT2D eigenvalue weighted by atomic mass is 16.5. The molecule has 0 aromatic heterocycles. The molecule has 1 atom stereocenters. The molecule has 116 valence electrons. The van der Waals surface area contributed by atoms with E-state index in [4.69, 9.17) is 4.74 Å². The Hall–Kier alpha value is -1.75. The van der Waals surface area contributed by atoms with Gasteiger partial charge in [-0.15, -0.1) is 0 Å². The van der Waals surface area contributed by atoms with Gasteiger partial charge in [0.05, 0.1) is 13.0 Å². The number of hydrogen-bond donors (Lipinski definition) is 1. The van der Waals surface area contributed by atoms with Gasteiger partial charge >= 0.3 is 5.97 Å². The van der Waals surface area contributed by atoms with Crippen molar-refractivity contribution in [3.05, 3.63) is 24.3 Å². The van der Waals surface area contributed by atoms with E-state index in [1.165, 1.54) is 12.8 Å². The lowest BCUT2D eigenvalue weighted by Gasteiger charge is -2.34. The van der Waals surface area contributed by atoms with Gasteiger partial charge in [0.25, 0.3) is 0 Å². The largest absolute Gasteiger partial charge is 0.469 e. The Morgan fingerprint density at radius 1 is 1.24 bits per heavy atom. The van der Waals surface area contributed by atoms with E-state index in [9.17, 15) is 4.79 Å². The van der Waals surface area contributed by atoms with Crippen LogP contribution in [0.15, 0.2) is 24.3 Å². The Morgan fingerprint density at radius 2 is 1.86 bits per heavy atom. The molecule has 1 fully saturated rings. The van der Waals surface area contributed by atoms with Gasteiger partial charge in [0.1, 0.15) is 0 Å². The topological polar surface area (TPSA) is 44.8 Å². The van der Waals surface area contributed by atoms with Crippen LogP contribution in [0.1, 0.15) is 6.92 Å². The normalized spacial score (nSPS) is 17.4. The highest BCUT2D eigenvalue weighted by Crippen LogP contribution is 2.19. The fraction of sp³-hybridized carbons (Fsp3) is 0.562. The third kappa shape index (κ3) is 4.36. The van der Waals surface area contributed by atoms with Crippen molar-refractivity contribution in [1.29, 1.82) is 0 Å². The van der Waals surface area contributed by atoms with E-state index in [1.807, 2.05) is 6.92 Å². The highest BCUT2D eigenvalue weighted by molar-refractivity contribution is 5.72. The van der Waals surface area contributed by atoms with Crippen molar-refractivity contribution in [3.8, 4) is 0 Å². The minimum atomic E-state index is -0.184. The van der Waals surface area contributed by atoms with Crippen LogP contribution in [0.4, 0.5) is 11.4 Å². The van der Waals surface area contributed by atoms with E-state index in [-0.39, 0.29) is 11.9 Å². The summed E-state index contributed by atoms with van der Waals surface area (Å²) in [5.41, 5.74) is 2.29. The van der Waals surface area contributed by atoms with Crippen LogP contribution in [0.3, 0.4) is 0 Å². The first kappa shape index (κ1) is 15.6. The number of benzene rings is 1. The van der Waals surface area contributed by atoms with Crippen LogP contribution < -0.4 is 10.2 Å². The molecule has 1 saturated heterocycles. The molecule has 1 heterocycles. The summed E-state index contributed by atoms with van der Waals surface area (Å²) in [6, 6.07) is 8.40. The fourth-order valence-electron chi connectivity index (χ4n) is 2.41. The van der Waals surface area contributed by atoms with E-state index >= 15 is 0 Å². The van der Waals surface area contributed by atoms with Crippen molar-refractivity contribution in [2.75, 3.05) is 57.1 Å². The van der Waals surface area contributed by atoms with Crippen LogP contribution in [0.5, 0.6) is 0 Å². The van der Waals surface area contributed by atoms with Crippen molar-refractivity contribution in [1.82, 2.24) is 4.90 Å². The number of ether oxygens (including phenoxy) is 1. The summed E-state index contributed by atoms with van der Waals surface area (Å²) in [4.78, 5) is 16.1. The molecule has 5 nitrogen and oxygen atoms in total. The van der Waals surface area contributed by atoms with Gasteiger partial charge in [-0.1, -0.05) is 6.92 Å². The van der Waals surface area contributed by atoms with Gasteiger partial charge in [-0.2, -0.15) is 0 Å². The van der Waals surface area contributed by atoms with Crippen LogP contribution in [-0.4, -0.2) is 57.8 Å². The number of esters is 1. The Morgan fingerprint density at radius 3 is 2.43 bits per heavy atom. The number of carbonyl (C=O) groups is 1. The molecule has 1 unspecified atom stereocenters. The van der Waals surface area contributed by atoms with Gasteiger partial charge in [-0.3, -0.25) is 4.79 Å². The number of likely N-dealkylation sites (N-methyl/N-ethyl adjacent to an activating group) is 1. The summed E-state index contributed by atoms with van der Waals surface area (Å²) in [6.07, 6.45) is 0. The number of methoxy groups -OCH3 is 1. The van der Waals surface area contributed by atoms with Crippen LogP contribution in [0, 0.1) is 5.92 Å². The summed E-state index contributed by atoms with van der Waals surface area (Å²) in [6.45, 7) is 6.80. The molecular weight excluding hydrogens is 266 g/mol. The Labute approximate surface area is 126 Å². The molecule has 0 aliphatic carbocycles. The van der Waals surface area contributed by atoms with Crippen molar-refractivity contribution in [3.63, 3.8) is 0 Å². The first-order valence-corrected chi connectivity index (χ1v) is 7.45. The Bertz CT molecular complexity index is 453. The van der Waals surface area contributed by atoms with Crippen LogP contribution >= 0.6 is 0 Å². The third-order valence-corrected chi connectivity index (χ3v) is 3.95. The van der Waals surface area contributed by atoms with E-state index in [0.29, 0.717) is 6.54 Å². The fourth-order valence-corrected chi connectivity index (χ4v) is 2.41. The van der Waals surface area contributed by atoms with Gasteiger partial charge in [-0.25, -0.2) is 0 Å². The van der Waals surface area contributed by atoms with Crippen molar-refractivity contribution < 1.29 is 9.53 Å². The van der Waals surface area contributed by atoms with Crippen molar-refractivity contribution >= 4 is 17.3 Å². The summed E-state index contributed by atoms with van der Waals surface area (Å²) in [5.74, 6) is -0.330. The molecule has 0 saturated carbocycles. The highest BCUT2D eigenvalue weighted by Gasteiger charge is 2.14. The molecule has 0 radical (unpaired) electrons. The lowest BCUT2D eigenvalue weighted by Crippen LogP contribution is -2.44. The van der Waals surface area contributed by atoms with Gasteiger partial charge in [0, 0.05) is 44.1 Å². The second kappa shape index (κ2) is 7.31. The molecule has 2 rings (SSSR count). The summed E-state index contributed by atoms with van der Waals surface area (Å²) in [5, 5.41) is 3.27. The maximum atomic E-state index is 11.3. The molecule has 1 aromatic carbocycles. The summed E-state index contributed by atoms with van der Waals surface area (Å²) >= 11 is 0. The SMILES string of the molecule is COC(=O)C(C)CNc1ccc(N2CCN(C)CC2)cc1. The predicted molar refractivity (Wildman–Crippen MR) is 85.8 cm³/mol. The van der Waals surface area contributed by atoms with E-state index < -0.39 is 0 Å². The molecule has 0 spiro atoms. The maximum absolute atomic E-state index is 11.3. The second-order valence-corrected chi connectivity index (χ2v) is 5.64. The lowest BCUT2D eigenvalue weighted by molar-refractivity contribution is -0.144. The van der Waals surface area contributed by atoms with Gasteiger partial charge in [0.2, 0.25) is 0 Å². The molecule has 0 bridgehead atoms. The quantitative estimate of drug-likeness (QED) is 0.836. The summed E-state index contributed by atoms with van der Waals surface area (Å²) < 4.78 is 4.72. The molecule has 5 heteroatoms. The van der Waals surface area contributed by atoms with E-state index in [2.05, 4.69) is 46.4 Å². The van der Waals surface area contributed by atoms with Gasteiger partial charge in [0.15, 0.2) is 0 Å². The first-order valence-electron chi connectivity index (χ1n) is 7.45. The second-order valence-electron chi connectivity index (χ2n) is 5.64. The monoisotopic (exact) mass is 291 g/mol. The molecule has 1 aliphatic rings. The van der Waals surface area contributed by atoms with Crippen LogP contribution in [0.2, 0.25) is 0 Å². The molecular formula is C16H25N3O2. The Kier molecular flexibility index (Phi) is 5.44. The van der Waals surface area contributed by atoms with Crippen LogP contribution in [-0.2, 0) is 9.53 Å². The first-order chi connectivity index (χ1) is 10.1. The molecule has 1 aromatic rings. The number of anilines is 2. The molecule has 21 heavy (non-hydrogen) atoms. The molecule has 0 amide bonds. The Balaban J connectivity index is 1.86. The molecule has 1 N–H and O–H groups in total. The van der Waals surface area contributed by atoms with Gasteiger partial charge < -0.3 is 19.9 Å². The van der Waals surface area contributed by atoms with Crippen LogP contribution in [0.25, 0.3) is 0 Å². The number of carbonyl (C=O) groups excluding carboxylic acids is 1. The average Bonchev–Trinajstić information content (AvgIpc) is 2.53. The zero-order valence-electron chi connectivity index (χ0n) is 13.1. The predicted octanol–water partition coefficient (Wildman–Crippen LogP) is 1.66. The zero-order chi connectivity index (χ0) is 15.2. The number of rotatable bonds is 5. The number of hydrogen-bond acceptors (Lipinski definition) is 5. The van der Waals surface area contributed by atoms with E-state index in [1.54, 1.807) is 0 Å². The minimum Gasteiger partial charge on any atom is -0.469 e. The average molecular weight is 291 g/mol. The maximum Gasteiger partial charge on any atom is 0.310 e. The summed E-state index contributed by atoms with van der Waals surface area (Å²) in [7, 11) is 3.58. The van der Waals surface area contributed by atoms with Crippen molar-refractivity contribution in [2.24, 2.45) is 5.92 Å². The number of nitrogens with zero attached hydrogens (tertiary/aromatic N) is 2. The third-order valence-electron chi connectivity index (χ3n) is 3.95. The van der Waals surface area contributed by atoms with Gasteiger partial charge in [-0.05, 0) is 31.3 Å². The molecule has 1 aliphatic heterocycles.